The monoisotopic (exact) mass is 246 g/mol. The Bertz CT molecular complexity index is 210. The lowest BCUT2D eigenvalue weighted by atomic mass is 10.0. The molecule has 2 unspecified atom stereocenters. The molecule has 0 saturated heterocycles. The van der Waals surface area contributed by atoms with Gasteiger partial charge in [0, 0.05) is 26.3 Å². The number of hydrogen-bond donors (Lipinski definition) is 3. The van der Waals surface area contributed by atoms with Crippen LogP contribution in [0.25, 0.3) is 0 Å². The number of aliphatic hydroxyl groups is 1. The van der Waals surface area contributed by atoms with Crippen LogP contribution in [0.5, 0.6) is 0 Å². The summed E-state index contributed by atoms with van der Waals surface area (Å²) in [5.74, 6) is 0.349. The maximum atomic E-state index is 11.7. The molecule has 5 heteroatoms. The van der Waals surface area contributed by atoms with E-state index in [4.69, 9.17) is 9.84 Å². The van der Waals surface area contributed by atoms with Gasteiger partial charge in [0.1, 0.15) is 0 Å². The predicted octanol–water partition coefficient (Wildman–Crippen LogP) is 0.134. The molecular formula is C12H26N2O3. The Labute approximate surface area is 104 Å². The van der Waals surface area contributed by atoms with Crippen molar-refractivity contribution in [3.63, 3.8) is 0 Å². The van der Waals surface area contributed by atoms with Crippen molar-refractivity contribution < 1.29 is 14.6 Å². The highest BCUT2D eigenvalue weighted by atomic mass is 16.5. The third-order valence-electron chi connectivity index (χ3n) is 2.71. The molecule has 3 N–H and O–H groups in total. The first-order valence-corrected chi connectivity index (χ1v) is 6.16. The standard InChI is InChI=1S/C12H26N2O3/c1-9(2)11(5-7-15)14-10(3)12(16)13-6-8-17-4/h9-11,14-15H,5-8H2,1-4H3,(H,13,16). The third-order valence-corrected chi connectivity index (χ3v) is 2.71. The summed E-state index contributed by atoms with van der Waals surface area (Å²) in [7, 11) is 1.60. The third kappa shape index (κ3) is 7.31. The fraction of sp³-hybridized carbons (Fsp3) is 0.917. The Hall–Kier alpha value is -0.650. The van der Waals surface area contributed by atoms with Crippen molar-refractivity contribution >= 4 is 5.91 Å². The van der Waals surface area contributed by atoms with Gasteiger partial charge in [-0.3, -0.25) is 4.79 Å². The molecule has 0 radical (unpaired) electrons. The predicted molar refractivity (Wildman–Crippen MR) is 67.8 cm³/mol. The van der Waals surface area contributed by atoms with E-state index in [1.165, 1.54) is 0 Å². The Morgan fingerprint density at radius 3 is 2.47 bits per heavy atom. The number of rotatable bonds is 9. The number of nitrogens with one attached hydrogen (secondary N) is 2. The van der Waals surface area contributed by atoms with Gasteiger partial charge >= 0.3 is 0 Å². The summed E-state index contributed by atoms with van der Waals surface area (Å²) in [5, 5.41) is 15.0. The van der Waals surface area contributed by atoms with E-state index in [9.17, 15) is 4.79 Å². The fourth-order valence-corrected chi connectivity index (χ4v) is 1.57. The number of hydrogen-bond acceptors (Lipinski definition) is 4. The molecule has 17 heavy (non-hydrogen) atoms. The summed E-state index contributed by atoms with van der Waals surface area (Å²) in [5.41, 5.74) is 0. The number of methoxy groups -OCH3 is 1. The lowest BCUT2D eigenvalue weighted by Gasteiger charge is -2.25. The van der Waals surface area contributed by atoms with Crippen LogP contribution >= 0.6 is 0 Å². The lowest BCUT2D eigenvalue weighted by molar-refractivity contribution is -0.123. The van der Waals surface area contributed by atoms with Crippen LogP contribution in [0.2, 0.25) is 0 Å². The van der Waals surface area contributed by atoms with Crippen molar-refractivity contribution in [3.8, 4) is 0 Å². The van der Waals surface area contributed by atoms with E-state index >= 15 is 0 Å². The molecule has 1 amide bonds. The smallest absolute Gasteiger partial charge is 0.236 e. The van der Waals surface area contributed by atoms with E-state index in [1.54, 1.807) is 7.11 Å². The van der Waals surface area contributed by atoms with Crippen molar-refractivity contribution in [3.05, 3.63) is 0 Å². The Kier molecular flexibility index (Phi) is 9.03. The molecule has 2 atom stereocenters. The Morgan fingerprint density at radius 2 is 2.00 bits per heavy atom. The molecule has 0 aromatic carbocycles. The second kappa shape index (κ2) is 9.39. The molecule has 102 valence electrons. The first kappa shape index (κ1) is 16.4. The van der Waals surface area contributed by atoms with Gasteiger partial charge in [-0.15, -0.1) is 0 Å². The first-order valence-electron chi connectivity index (χ1n) is 6.16. The van der Waals surface area contributed by atoms with E-state index in [-0.39, 0.29) is 24.6 Å². The van der Waals surface area contributed by atoms with Crippen LogP contribution in [0.3, 0.4) is 0 Å². The fourth-order valence-electron chi connectivity index (χ4n) is 1.57. The molecule has 5 nitrogen and oxygen atoms in total. The Morgan fingerprint density at radius 1 is 1.35 bits per heavy atom. The van der Waals surface area contributed by atoms with Gasteiger partial charge < -0.3 is 20.5 Å². The Balaban J connectivity index is 4.02. The molecule has 0 rings (SSSR count). The number of aliphatic hydroxyl groups excluding tert-OH is 1. The van der Waals surface area contributed by atoms with Crippen LogP contribution in [-0.2, 0) is 9.53 Å². The van der Waals surface area contributed by atoms with E-state index in [2.05, 4.69) is 24.5 Å². The maximum absolute atomic E-state index is 11.7. The summed E-state index contributed by atoms with van der Waals surface area (Å²) in [4.78, 5) is 11.7. The average molecular weight is 246 g/mol. The van der Waals surface area contributed by atoms with Gasteiger partial charge in [0.2, 0.25) is 5.91 Å². The van der Waals surface area contributed by atoms with Crippen molar-refractivity contribution in [2.45, 2.75) is 39.3 Å². The molecule has 0 fully saturated rings. The topological polar surface area (TPSA) is 70.6 Å². The van der Waals surface area contributed by atoms with Gasteiger partial charge in [0.15, 0.2) is 0 Å². The van der Waals surface area contributed by atoms with Crippen LogP contribution in [0.4, 0.5) is 0 Å². The second-order valence-corrected chi connectivity index (χ2v) is 4.53. The minimum Gasteiger partial charge on any atom is -0.396 e. The highest BCUT2D eigenvalue weighted by Gasteiger charge is 2.19. The van der Waals surface area contributed by atoms with Gasteiger partial charge in [-0.1, -0.05) is 13.8 Å². The lowest BCUT2D eigenvalue weighted by Crippen LogP contribution is -2.49. The second-order valence-electron chi connectivity index (χ2n) is 4.53. The number of amides is 1. The quantitative estimate of drug-likeness (QED) is 0.506. The number of carbonyl (C=O) groups is 1. The largest absolute Gasteiger partial charge is 0.396 e. The zero-order valence-corrected chi connectivity index (χ0v) is 11.3. The van der Waals surface area contributed by atoms with Crippen LogP contribution in [-0.4, -0.2) is 50.0 Å². The van der Waals surface area contributed by atoms with Crippen LogP contribution in [0.15, 0.2) is 0 Å². The number of ether oxygens (including phenoxy) is 1. The molecule has 0 spiro atoms. The van der Waals surface area contributed by atoms with Crippen molar-refractivity contribution in [1.82, 2.24) is 10.6 Å². The molecule has 0 aromatic rings. The summed E-state index contributed by atoms with van der Waals surface area (Å²) >= 11 is 0. The average Bonchev–Trinajstić information content (AvgIpc) is 2.28. The van der Waals surface area contributed by atoms with E-state index in [0.717, 1.165) is 0 Å². The molecule has 0 aliphatic carbocycles. The summed E-state index contributed by atoms with van der Waals surface area (Å²) < 4.78 is 4.86. The zero-order valence-electron chi connectivity index (χ0n) is 11.3. The minimum atomic E-state index is -0.259. The zero-order chi connectivity index (χ0) is 13.3. The molecule has 0 aromatic heterocycles. The van der Waals surface area contributed by atoms with Crippen LogP contribution in [0.1, 0.15) is 27.2 Å². The molecule has 0 aliphatic heterocycles. The highest BCUT2D eigenvalue weighted by Crippen LogP contribution is 2.06. The van der Waals surface area contributed by atoms with Gasteiger partial charge in [0.05, 0.1) is 12.6 Å². The van der Waals surface area contributed by atoms with Crippen molar-refractivity contribution in [1.29, 1.82) is 0 Å². The van der Waals surface area contributed by atoms with Crippen LogP contribution in [0, 0.1) is 5.92 Å². The maximum Gasteiger partial charge on any atom is 0.236 e. The van der Waals surface area contributed by atoms with E-state index in [0.29, 0.717) is 25.5 Å². The molecular weight excluding hydrogens is 220 g/mol. The summed E-state index contributed by atoms with van der Waals surface area (Å²) in [6, 6.07) is -0.103. The SMILES string of the molecule is COCCNC(=O)C(C)NC(CCO)C(C)C. The summed E-state index contributed by atoms with van der Waals surface area (Å²) in [6.45, 7) is 7.14. The van der Waals surface area contributed by atoms with E-state index in [1.807, 2.05) is 6.92 Å². The molecule has 0 heterocycles. The highest BCUT2D eigenvalue weighted by molar-refractivity contribution is 5.81. The van der Waals surface area contributed by atoms with Crippen molar-refractivity contribution in [2.24, 2.45) is 5.92 Å². The van der Waals surface area contributed by atoms with Gasteiger partial charge in [-0.05, 0) is 19.3 Å². The van der Waals surface area contributed by atoms with Gasteiger partial charge in [-0.25, -0.2) is 0 Å². The van der Waals surface area contributed by atoms with Gasteiger partial charge in [0.25, 0.3) is 0 Å². The number of carbonyl (C=O) groups excluding carboxylic acids is 1. The molecule has 0 saturated carbocycles. The van der Waals surface area contributed by atoms with E-state index < -0.39 is 0 Å². The van der Waals surface area contributed by atoms with Crippen molar-refractivity contribution in [2.75, 3.05) is 26.9 Å². The summed E-state index contributed by atoms with van der Waals surface area (Å²) in [6.07, 6.45) is 0.660. The molecule has 0 aliphatic rings. The minimum absolute atomic E-state index is 0.0364. The first-order chi connectivity index (χ1) is 8.02. The van der Waals surface area contributed by atoms with Crippen LogP contribution < -0.4 is 10.6 Å². The normalized spacial score (nSPS) is 14.7. The van der Waals surface area contributed by atoms with Gasteiger partial charge in [-0.2, -0.15) is 0 Å². The molecule has 0 bridgehead atoms.